The van der Waals surface area contributed by atoms with E-state index in [4.69, 9.17) is 9.47 Å². The molecule has 1 saturated heterocycles. The Kier molecular flexibility index (Phi) is 8.50. The normalized spacial score (nSPS) is 46.3. The van der Waals surface area contributed by atoms with Crippen molar-refractivity contribution in [3.05, 3.63) is 59.7 Å². The Morgan fingerprint density at radius 1 is 1.06 bits per heavy atom. The van der Waals surface area contributed by atoms with Crippen LogP contribution >= 0.6 is 0 Å². The highest BCUT2D eigenvalue weighted by Crippen LogP contribution is 2.69. The Labute approximate surface area is 281 Å². The van der Waals surface area contributed by atoms with Gasteiger partial charge in [-0.05, 0) is 118 Å². The van der Waals surface area contributed by atoms with Crippen LogP contribution in [0.1, 0.15) is 90.5 Å². The second-order valence-electron chi connectivity index (χ2n) is 17.0. The Morgan fingerprint density at radius 3 is 2.53 bits per heavy atom. The number of aliphatic hydroxyl groups is 3. The van der Waals surface area contributed by atoms with Crippen LogP contribution in [-0.4, -0.2) is 76.9 Å². The Balaban J connectivity index is 1.13. The van der Waals surface area contributed by atoms with Gasteiger partial charge >= 0.3 is 0 Å². The fraction of sp³-hybridized carbons (Fsp3) is 0.725. The lowest BCUT2D eigenvalue weighted by Crippen LogP contribution is -2.63. The first-order valence-corrected chi connectivity index (χ1v) is 18.3. The lowest BCUT2D eigenvalue weighted by molar-refractivity contribution is -0.195. The molecule has 0 radical (unpaired) electrons. The molecule has 0 aromatic heterocycles. The van der Waals surface area contributed by atoms with Gasteiger partial charge in [0.25, 0.3) is 0 Å². The number of fused-ring (bicyclic) bond motifs is 5. The molecule has 13 atom stereocenters. The van der Waals surface area contributed by atoms with Gasteiger partial charge in [0, 0.05) is 17.3 Å². The molecule has 0 unspecified atom stereocenters. The van der Waals surface area contributed by atoms with E-state index >= 15 is 0 Å². The van der Waals surface area contributed by atoms with Crippen molar-refractivity contribution in [1.82, 2.24) is 5.32 Å². The zero-order chi connectivity index (χ0) is 33.4. The van der Waals surface area contributed by atoms with Crippen LogP contribution in [0.4, 0.5) is 0 Å². The highest BCUT2D eigenvalue weighted by atomic mass is 16.5. The standard InChI is InChI=1S/C40H57NO6/c1-25-23-46-34(28(25)14-20-41-5)35(43)38(4,44)33-13-17-40(45)30-21-32(42)31-22-39(16-11-27(24-47-39)26-9-7-6-8-10-26)19-18-36(31,2)29(30)12-15-37(33,40)3/h6-11,16,21,25,27-29,31,33-35,41,43-45H,12-15,17-20,22-24H2,1-5H3/t25-,27-,28+,29-,31-,33-,34-,35+,36+,37+,38-,39-,40+/m0/s1. The van der Waals surface area contributed by atoms with Crippen LogP contribution < -0.4 is 5.32 Å². The number of allylic oxidation sites excluding steroid dienone is 1. The van der Waals surface area contributed by atoms with E-state index in [0.29, 0.717) is 38.4 Å². The van der Waals surface area contributed by atoms with E-state index in [1.165, 1.54) is 5.56 Å². The van der Waals surface area contributed by atoms with Crippen molar-refractivity contribution in [3.8, 4) is 0 Å². The number of rotatable bonds is 7. The predicted molar refractivity (Wildman–Crippen MR) is 182 cm³/mol. The van der Waals surface area contributed by atoms with E-state index in [1.54, 1.807) is 13.0 Å². The van der Waals surface area contributed by atoms with Gasteiger partial charge in [-0.25, -0.2) is 0 Å². The molecule has 1 aromatic rings. The maximum Gasteiger partial charge on any atom is 0.159 e. The van der Waals surface area contributed by atoms with Gasteiger partial charge in [0.15, 0.2) is 5.78 Å². The van der Waals surface area contributed by atoms with Crippen LogP contribution in [0.5, 0.6) is 0 Å². The first kappa shape index (κ1) is 33.6. The van der Waals surface area contributed by atoms with Gasteiger partial charge < -0.3 is 30.1 Å². The molecule has 2 heterocycles. The average molecular weight is 648 g/mol. The maximum absolute atomic E-state index is 14.2. The number of carbonyl (C=O) groups is 1. The fourth-order valence-electron chi connectivity index (χ4n) is 11.6. The molecule has 4 aliphatic carbocycles. The zero-order valence-electron chi connectivity index (χ0n) is 29.1. The molecule has 7 nitrogen and oxygen atoms in total. The van der Waals surface area contributed by atoms with E-state index in [9.17, 15) is 20.1 Å². The summed E-state index contributed by atoms with van der Waals surface area (Å²) in [6, 6.07) is 10.5. The first-order valence-electron chi connectivity index (χ1n) is 18.3. The lowest BCUT2D eigenvalue weighted by Gasteiger charge is -2.61. The lowest BCUT2D eigenvalue weighted by atomic mass is 9.45. The largest absolute Gasteiger partial charge is 0.387 e. The Hall–Kier alpha value is -1.87. The molecule has 258 valence electrons. The predicted octanol–water partition coefficient (Wildman–Crippen LogP) is 5.34. The minimum Gasteiger partial charge on any atom is -0.387 e. The van der Waals surface area contributed by atoms with Crippen LogP contribution in [0.3, 0.4) is 0 Å². The van der Waals surface area contributed by atoms with Crippen molar-refractivity contribution in [1.29, 1.82) is 0 Å². The van der Waals surface area contributed by atoms with Crippen LogP contribution in [0.15, 0.2) is 54.1 Å². The van der Waals surface area contributed by atoms with Crippen molar-refractivity contribution in [3.63, 3.8) is 0 Å². The highest BCUT2D eigenvalue weighted by molar-refractivity contribution is 5.95. The molecule has 47 heavy (non-hydrogen) atoms. The summed E-state index contributed by atoms with van der Waals surface area (Å²) < 4.78 is 12.8. The molecule has 4 fully saturated rings. The molecule has 1 spiro atoms. The van der Waals surface area contributed by atoms with Crippen molar-refractivity contribution in [2.24, 2.45) is 40.4 Å². The monoisotopic (exact) mass is 647 g/mol. The first-order chi connectivity index (χ1) is 22.3. The molecular weight excluding hydrogens is 590 g/mol. The quantitative estimate of drug-likeness (QED) is 0.296. The molecule has 7 heteroatoms. The Bertz CT molecular complexity index is 1410. The third-order valence-electron chi connectivity index (χ3n) is 14.6. The summed E-state index contributed by atoms with van der Waals surface area (Å²) in [7, 11) is 1.93. The van der Waals surface area contributed by atoms with E-state index in [2.05, 4.69) is 62.5 Å². The van der Waals surface area contributed by atoms with E-state index in [1.807, 2.05) is 13.1 Å². The van der Waals surface area contributed by atoms with Gasteiger partial charge in [0.1, 0.15) is 6.10 Å². The van der Waals surface area contributed by atoms with E-state index in [-0.39, 0.29) is 40.8 Å². The minimum atomic E-state index is -1.45. The van der Waals surface area contributed by atoms with Crippen molar-refractivity contribution in [2.45, 2.75) is 114 Å². The molecule has 0 amide bonds. The number of carbonyl (C=O) groups excluding carboxylic acids is 1. The molecule has 1 aromatic carbocycles. The molecule has 0 bridgehead atoms. The van der Waals surface area contributed by atoms with Crippen LogP contribution in [0, 0.1) is 40.4 Å². The number of nitrogens with one attached hydrogen (secondary N) is 1. The zero-order valence-corrected chi connectivity index (χ0v) is 29.1. The van der Waals surface area contributed by atoms with Crippen molar-refractivity contribution in [2.75, 3.05) is 26.8 Å². The highest BCUT2D eigenvalue weighted by Gasteiger charge is 2.70. The van der Waals surface area contributed by atoms with Gasteiger partial charge in [0.05, 0.1) is 36.1 Å². The molecule has 3 saturated carbocycles. The number of ether oxygens (including phenoxy) is 2. The van der Waals surface area contributed by atoms with Gasteiger partial charge in [-0.1, -0.05) is 63.3 Å². The molecule has 4 N–H and O–H groups in total. The third-order valence-corrected chi connectivity index (χ3v) is 14.6. The topological polar surface area (TPSA) is 108 Å². The average Bonchev–Trinajstić information content (AvgIpc) is 3.57. The van der Waals surface area contributed by atoms with Crippen LogP contribution in [0.25, 0.3) is 0 Å². The van der Waals surface area contributed by atoms with Gasteiger partial charge in [-0.2, -0.15) is 0 Å². The molecule has 7 rings (SSSR count). The number of aliphatic hydroxyl groups excluding tert-OH is 1. The number of ketones is 1. The van der Waals surface area contributed by atoms with Crippen LogP contribution in [0.2, 0.25) is 0 Å². The number of hydrogen-bond acceptors (Lipinski definition) is 7. The fourth-order valence-corrected chi connectivity index (χ4v) is 11.6. The number of benzene rings is 1. The van der Waals surface area contributed by atoms with Gasteiger partial charge in [0.2, 0.25) is 0 Å². The summed E-state index contributed by atoms with van der Waals surface area (Å²) in [6.07, 6.45) is 10.7. The van der Waals surface area contributed by atoms with Gasteiger partial charge in [-0.3, -0.25) is 4.79 Å². The molecular formula is C40H57NO6. The molecule has 6 aliphatic rings. The second-order valence-corrected chi connectivity index (χ2v) is 17.0. The smallest absolute Gasteiger partial charge is 0.159 e. The summed E-state index contributed by atoms with van der Waals surface area (Å²) in [5.41, 5.74) is -1.89. The number of hydrogen-bond donors (Lipinski definition) is 4. The SMILES string of the molecule is CNCC[C@H]1[C@@H]([C@@H](O)[C@@](C)(O)[C@H]2CC[C@@]3(O)C4=CC(=O)[C@@H]5C[C@]6(C=C[C@H](c7ccccc7)CO6)CC[C@]5(C)[C@H]4CC[C@]23C)OC[C@@H]1C. The summed E-state index contributed by atoms with van der Waals surface area (Å²) in [4.78, 5) is 14.2. The third kappa shape index (κ3) is 5.08. The summed E-state index contributed by atoms with van der Waals surface area (Å²) in [5.74, 6) is 0.376. The van der Waals surface area contributed by atoms with Gasteiger partial charge in [-0.15, -0.1) is 0 Å². The Morgan fingerprint density at radius 2 is 1.83 bits per heavy atom. The van der Waals surface area contributed by atoms with E-state index in [0.717, 1.165) is 44.2 Å². The van der Waals surface area contributed by atoms with Crippen molar-refractivity contribution >= 4 is 5.78 Å². The van der Waals surface area contributed by atoms with Crippen LogP contribution in [-0.2, 0) is 14.3 Å². The summed E-state index contributed by atoms with van der Waals surface area (Å²) in [6.45, 7) is 10.3. The molecule has 2 aliphatic heterocycles. The van der Waals surface area contributed by atoms with E-state index < -0.39 is 34.4 Å². The maximum atomic E-state index is 14.2. The second kappa shape index (κ2) is 11.9. The van der Waals surface area contributed by atoms with Crippen molar-refractivity contribution < 1.29 is 29.6 Å². The summed E-state index contributed by atoms with van der Waals surface area (Å²) >= 11 is 0. The minimum absolute atomic E-state index is 0.101. The summed E-state index contributed by atoms with van der Waals surface area (Å²) in [5, 5.41) is 40.1.